The second-order valence-electron chi connectivity index (χ2n) is 6.12. The zero-order chi connectivity index (χ0) is 14.9. The maximum absolute atomic E-state index is 5.28. The van der Waals surface area contributed by atoms with Gasteiger partial charge in [0.25, 0.3) is 0 Å². The number of methoxy groups -OCH3 is 1. The molecule has 0 aliphatic carbocycles. The van der Waals surface area contributed by atoms with E-state index >= 15 is 0 Å². The summed E-state index contributed by atoms with van der Waals surface area (Å²) in [7, 11) is 1.81. The van der Waals surface area contributed by atoms with Crippen molar-refractivity contribution in [3.05, 3.63) is 35.9 Å². The van der Waals surface area contributed by atoms with Crippen LogP contribution in [0.2, 0.25) is 0 Å². The highest BCUT2D eigenvalue weighted by atomic mass is 16.5. The lowest BCUT2D eigenvalue weighted by Crippen LogP contribution is -2.29. The molecule has 3 nitrogen and oxygen atoms in total. The van der Waals surface area contributed by atoms with Gasteiger partial charge in [-0.05, 0) is 50.4 Å². The molecule has 2 rings (SSSR count). The van der Waals surface area contributed by atoms with Crippen molar-refractivity contribution in [2.45, 2.75) is 32.2 Å². The van der Waals surface area contributed by atoms with Gasteiger partial charge in [-0.3, -0.25) is 0 Å². The summed E-state index contributed by atoms with van der Waals surface area (Å²) in [5, 5.41) is 3.69. The molecule has 1 saturated heterocycles. The van der Waals surface area contributed by atoms with Crippen molar-refractivity contribution >= 4 is 0 Å². The fraction of sp³-hybridized carbons (Fsp3) is 0.667. The van der Waals surface area contributed by atoms with E-state index in [0.717, 1.165) is 19.1 Å². The molecule has 0 spiro atoms. The van der Waals surface area contributed by atoms with Crippen LogP contribution in [0.15, 0.2) is 30.3 Å². The minimum Gasteiger partial charge on any atom is -0.384 e. The third-order valence-electron chi connectivity index (χ3n) is 4.35. The van der Waals surface area contributed by atoms with E-state index in [1.807, 2.05) is 7.11 Å². The minimum atomic E-state index is 0.479. The molecule has 0 aromatic heterocycles. The Hall–Kier alpha value is -0.900. The molecular formula is C18H30N2O. The highest BCUT2D eigenvalue weighted by Gasteiger charge is 2.23. The lowest BCUT2D eigenvalue weighted by molar-refractivity contribution is 0.152. The van der Waals surface area contributed by atoms with E-state index < -0.39 is 0 Å². The largest absolute Gasteiger partial charge is 0.384 e. The Kier molecular flexibility index (Phi) is 7.20. The molecule has 21 heavy (non-hydrogen) atoms. The summed E-state index contributed by atoms with van der Waals surface area (Å²) in [6.07, 6.45) is 3.65. The number of rotatable bonds is 9. The first-order chi connectivity index (χ1) is 10.3. The molecule has 118 valence electrons. The van der Waals surface area contributed by atoms with Gasteiger partial charge in [0.15, 0.2) is 0 Å². The third kappa shape index (κ3) is 5.42. The molecule has 0 bridgehead atoms. The predicted octanol–water partition coefficient (Wildman–Crippen LogP) is 3.09. The van der Waals surface area contributed by atoms with E-state index in [0.29, 0.717) is 6.04 Å². The molecule has 1 aliphatic heterocycles. The van der Waals surface area contributed by atoms with Gasteiger partial charge in [0.1, 0.15) is 0 Å². The SMILES string of the molecule is CCCNC(CCN1CCC(COC)C1)c1ccccc1. The minimum absolute atomic E-state index is 0.479. The Bertz CT molecular complexity index is 382. The Morgan fingerprint density at radius 3 is 2.86 bits per heavy atom. The van der Waals surface area contributed by atoms with Crippen LogP contribution in [0.5, 0.6) is 0 Å². The average Bonchev–Trinajstić information content (AvgIpc) is 2.96. The van der Waals surface area contributed by atoms with E-state index in [1.54, 1.807) is 0 Å². The van der Waals surface area contributed by atoms with Gasteiger partial charge >= 0.3 is 0 Å². The molecule has 0 amide bonds. The van der Waals surface area contributed by atoms with Gasteiger partial charge in [-0.25, -0.2) is 0 Å². The summed E-state index contributed by atoms with van der Waals surface area (Å²) in [5.74, 6) is 0.730. The van der Waals surface area contributed by atoms with Crippen molar-refractivity contribution in [2.24, 2.45) is 5.92 Å². The Morgan fingerprint density at radius 2 is 2.14 bits per heavy atom. The number of nitrogens with one attached hydrogen (secondary N) is 1. The smallest absolute Gasteiger partial charge is 0.0503 e. The Labute approximate surface area is 129 Å². The van der Waals surface area contributed by atoms with E-state index in [1.165, 1.54) is 44.5 Å². The fourth-order valence-corrected chi connectivity index (χ4v) is 3.19. The summed E-state index contributed by atoms with van der Waals surface area (Å²) >= 11 is 0. The number of hydrogen-bond donors (Lipinski definition) is 1. The molecule has 2 unspecified atom stereocenters. The lowest BCUT2D eigenvalue weighted by Gasteiger charge is -2.23. The molecule has 0 radical (unpaired) electrons. The van der Waals surface area contributed by atoms with Crippen molar-refractivity contribution in [3.8, 4) is 0 Å². The normalized spacial score (nSPS) is 20.8. The lowest BCUT2D eigenvalue weighted by atomic mass is 10.0. The van der Waals surface area contributed by atoms with E-state index in [2.05, 4.69) is 47.5 Å². The number of hydrogen-bond acceptors (Lipinski definition) is 3. The zero-order valence-electron chi connectivity index (χ0n) is 13.6. The summed E-state index contributed by atoms with van der Waals surface area (Å²) in [5.41, 5.74) is 1.42. The first kappa shape index (κ1) is 16.5. The topological polar surface area (TPSA) is 24.5 Å². The first-order valence-electron chi connectivity index (χ1n) is 8.33. The highest BCUT2D eigenvalue weighted by molar-refractivity contribution is 5.18. The van der Waals surface area contributed by atoms with E-state index in [-0.39, 0.29) is 0 Å². The molecule has 1 aromatic carbocycles. The fourth-order valence-electron chi connectivity index (χ4n) is 3.19. The number of benzene rings is 1. The van der Waals surface area contributed by atoms with Crippen molar-refractivity contribution < 1.29 is 4.74 Å². The standard InChI is InChI=1S/C18H30N2O/c1-3-11-19-18(17-7-5-4-6-8-17)10-13-20-12-9-16(14-20)15-21-2/h4-8,16,18-19H,3,9-15H2,1-2H3. The van der Waals surface area contributed by atoms with Gasteiger partial charge in [0.2, 0.25) is 0 Å². The second kappa shape index (κ2) is 9.19. The summed E-state index contributed by atoms with van der Waals surface area (Å²) in [6.45, 7) is 7.83. The summed E-state index contributed by atoms with van der Waals surface area (Å²) in [4.78, 5) is 2.59. The molecule has 1 aromatic rings. The van der Waals surface area contributed by atoms with Gasteiger partial charge in [-0.1, -0.05) is 37.3 Å². The van der Waals surface area contributed by atoms with Crippen LogP contribution >= 0.6 is 0 Å². The average molecular weight is 290 g/mol. The van der Waals surface area contributed by atoms with Crippen LogP contribution in [0.4, 0.5) is 0 Å². The predicted molar refractivity (Wildman–Crippen MR) is 88.5 cm³/mol. The monoisotopic (exact) mass is 290 g/mol. The zero-order valence-corrected chi connectivity index (χ0v) is 13.6. The number of ether oxygens (including phenoxy) is 1. The quantitative estimate of drug-likeness (QED) is 0.756. The molecule has 0 saturated carbocycles. The van der Waals surface area contributed by atoms with E-state index in [4.69, 9.17) is 4.74 Å². The number of likely N-dealkylation sites (tertiary alicyclic amines) is 1. The van der Waals surface area contributed by atoms with Crippen LogP contribution in [0.3, 0.4) is 0 Å². The maximum Gasteiger partial charge on any atom is 0.0503 e. The summed E-state index contributed by atoms with van der Waals surface area (Å²) in [6, 6.07) is 11.3. The Morgan fingerprint density at radius 1 is 1.33 bits per heavy atom. The maximum atomic E-state index is 5.28. The van der Waals surface area contributed by atoms with E-state index in [9.17, 15) is 0 Å². The number of nitrogens with zero attached hydrogens (tertiary/aromatic N) is 1. The van der Waals surface area contributed by atoms with Crippen molar-refractivity contribution in [2.75, 3.05) is 39.9 Å². The second-order valence-corrected chi connectivity index (χ2v) is 6.12. The van der Waals surface area contributed by atoms with Crippen LogP contribution in [-0.2, 0) is 4.74 Å². The van der Waals surface area contributed by atoms with Gasteiger partial charge in [0.05, 0.1) is 6.61 Å². The van der Waals surface area contributed by atoms with Gasteiger partial charge < -0.3 is 15.0 Å². The molecule has 2 atom stereocenters. The molecule has 1 N–H and O–H groups in total. The highest BCUT2D eigenvalue weighted by Crippen LogP contribution is 2.21. The molecular weight excluding hydrogens is 260 g/mol. The van der Waals surface area contributed by atoms with Crippen molar-refractivity contribution in [3.63, 3.8) is 0 Å². The van der Waals surface area contributed by atoms with Gasteiger partial charge in [-0.15, -0.1) is 0 Å². The van der Waals surface area contributed by atoms with Crippen LogP contribution < -0.4 is 5.32 Å². The molecule has 1 heterocycles. The van der Waals surface area contributed by atoms with Crippen molar-refractivity contribution in [1.29, 1.82) is 0 Å². The molecule has 1 fully saturated rings. The van der Waals surface area contributed by atoms with Crippen LogP contribution in [0, 0.1) is 5.92 Å². The molecule has 1 aliphatic rings. The van der Waals surface area contributed by atoms with Crippen LogP contribution in [0.25, 0.3) is 0 Å². The Balaban J connectivity index is 1.82. The third-order valence-corrected chi connectivity index (χ3v) is 4.35. The first-order valence-corrected chi connectivity index (χ1v) is 8.33. The van der Waals surface area contributed by atoms with Crippen LogP contribution in [0.1, 0.15) is 37.8 Å². The molecule has 3 heteroatoms. The van der Waals surface area contributed by atoms with Gasteiger partial charge in [0, 0.05) is 19.7 Å². The van der Waals surface area contributed by atoms with Crippen LogP contribution in [-0.4, -0.2) is 44.8 Å². The van der Waals surface area contributed by atoms with Gasteiger partial charge in [-0.2, -0.15) is 0 Å². The van der Waals surface area contributed by atoms with Crippen molar-refractivity contribution in [1.82, 2.24) is 10.2 Å². The summed E-state index contributed by atoms with van der Waals surface area (Å²) < 4.78 is 5.28.